The molecule has 0 spiro atoms. The fourth-order valence-corrected chi connectivity index (χ4v) is 3.26. The lowest BCUT2D eigenvalue weighted by molar-refractivity contribution is -0.149. The molecule has 35 heavy (non-hydrogen) atoms. The first-order valence-corrected chi connectivity index (χ1v) is 13.4. The van der Waals surface area contributed by atoms with E-state index in [9.17, 15) is 9.59 Å². The largest absolute Gasteiger partial charge is 0.481 e. The summed E-state index contributed by atoms with van der Waals surface area (Å²) >= 11 is 0. The molecule has 0 aromatic rings. The van der Waals surface area contributed by atoms with E-state index in [2.05, 4.69) is 80.7 Å². The van der Waals surface area contributed by atoms with Gasteiger partial charge < -0.3 is 9.84 Å². The number of carbonyl (C=O) groups excluding carboxylic acids is 1. The molecule has 1 unspecified atom stereocenters. The Kier molecular flexibility index (Phi) is 24.0. The van der Waals surface area contributed by atoms with Gasteiger partial charge in [-0.15, -0.1) is 0 Å². The van der Waals surface area contributed by atoms with Crippen LogP contribution in [-0.4, -0.2) is 23.1 Å². The van der Waals surface area contributed by atoms with Crippen molar-refractivity contribution in [1.29, 1.82) is 0 Å². The number of esters is 1. The van der Waals surface area contributed by atoms with E-state index in [4.69, 9.17) is 9.84 Å². The van der Waals surface area contributed by atoms with E-state index in [1.165, 1.54) is 0 Å². The number of carboxylic acids is 1. The van der Waals surface area contributed by atoms with Crippen molar-refractivity contribution in [2.75, 3.05) is 0 Å². The van der Waals surface area contributed by atoms with Crippen molar-refractivity contribution in [2.45, 2.75) is 110 Å². The van der Waals surface area contributed by atoms with Crippen LogP contribution in [-0.2, 0) is 14.3 Å². The van der Waals surface area contributed by atoms with Crippen molar-refractivity contribution in [2.24, 2.45) is 0 Å². The molecular weight excluding hydrogens is 436 g/mol. The van der Waals surface area contributed by atoms with Crippen LogP contribution in [0.25, 0.3) is 0 Å². The molecule has 0 aromatic carbocycles. The highest BCUT2D eigenvalue weighted by Crippen LogP contribution is 2.14. The molecule has 1 N–H and O–H groups in total. The minimum absolute atomic E-state index is 0.124. The molecule has 0 aliphatic carbocycles. The molecule has 1 atom stereocenters. The van der Waals surface area contributed by atoms with Gasteiger partial charge in [0.25, 0.3) is 0 Å². The summed E-state index contributed by atoms with van der Waals surface area (Å²) in [6.07, 6.45) is 36.8. The van der Waals surface area contributed by atoms with E-state index in [0.717, 1.165) is 57.8 Å². The van der Waals surface area contributed by atoms with Gasteiger partial charge in [0, 0.05) is 12.8 Å². The Morgan fingerprint density at radius 1 is 0.657 bits per heavy atom. The van der Waals surface area contributed by atoms with Crippen LogP contribution in [0.1, 0.15) is 104 Å². The number of aliphatic carboxylic acids is 1. The second-order valence-corrected chi connectivity index (χ2v) is 8.49. The zero-order chi connectivity index (χ0) is 25.8. The van der Waals surface area contributed by atoms with Gasteiger partial charge in [-0.2, -0.15) is 0 Å². The van der Waals surface area contributed by atoms with Crippen LogP contribution in [0.4, 0.5) is 0 Å². The number of carbonyl (C=O) groups is 2. The minimum atomic E-state index is -0.803. The third-order valence-electron chi connectivity index (χ3n) is 5.21. The lowest BCUT2D eigenvalue weighted by Crippen LogP contribution is -2.18. The van der Waals surface area contributed by atoms with Crippen molar-refractivity contribution in [3.8, 4) is 0 Å². The summed E-state index contributed by atoms with van der Waals surface area (Å²) in [4.78, 5) is 22.8. The molecule has 0 aromatic heterocycles. The Bertz CT molecular complexity index is 695. The quantitative estimate of drug-likeness (QED) is 0.123. The number of carboxylic acid groups (broad SMARTS) is 1. The number of unbranched alkanes of at least 4 members (excludes halogenated alkanes) is 1. The van der Waals surface area contributed by atoms with Gasteiger partial charge in [-0.1, -0.05) is 99.6 Å². The maximum Gasteiger partial charge on any atom is 0.306 e. The molecule has 196 valence electrons. The van der Waals surface area contributed by atoms with Crippen LogP contribution in [0.3, 0.4) is 0 Å². The molecule has 0 rings (SSSR count). The highest BCUT2D eigenvalue weighted by molar-refractivity contribution is 5.69. The summed E-state index contributed by atoms with van der Waals surface area (Å²) < 4.78 is 5.57. The number of rotatable bonds is 22. The Morgan fingerprint density at radius 2 is 1.11 bits per heavy atom. The Morgan fingerprint density at radius 3 is 1.57 bits per heavy atom. The molecule has 0 fully saturated rings. The third-order valence-corrected chi connectivity index (χ3v) is 5.21. The van der Waals surface area contributed by atoms with Crippen molar-refractivity contribution in [1.82, 2.24) is 0 Å². The maximum atomic E-state index is 12.1. The summed E-state index contributed by atoms with van der Waals surface area (Å²) in [5.74, 6) is -0.996. The minimum Gasteiger partial charge on any atom is -0.481 e. The van der Waals surface area contributed by atoms with Crippen LogP contribution in [0.5, 0.6) is 0 Å². The standard InChI is InChI=1S/C31H48O4/c1-3-5-7-8-9-10-11-12-13-14-15-16-17-18-19-20-21-22-23-28-31(34)35-29(25-6-4-2)26-24-27-30(32)33/h5,7,9-10,12-13,15-16,18-19,21-22,29H,3-4,6,8,11,14,17,20,23-28H2,1-2H3,(H,32,33)/b7-5-,10-9-,13-12-,16-15-,19-18-,22-21-. The SMILES string of the molecule is CC/C=C\C/C=C\C/C=C\C/C=C\C/C=C\C/C=C\CCC(=O)OC(CCCC)CCCC(=O)O. The molecule has 4 heteroatoms. The molecule has 4 nitrogen and oxygen atoms in total. The van der Waals surface area contributed by atoms with Gasteiger partial charge in [-0.25, -0.2) is 0 Å². The zero-order valence-electron chi connectivity index (χ0n) is 22.1. The van der Waals surface area contributed by atoms with Crippen LogP contribution < -0.4 is 0 Å². The third kappa shape index (κ3) is 25.8. The van der Waals surface area contributed by atoms with Crippen LogP contribution in [0.2, 0.25) is 0 Å². The Hall–Kier alpha value is -2.62. The van der Waals surface area contributed by atoms with Crippen molar-refractivity contribution in [3.63, 3.8) is 0 Å². The predicted octanol–water partition coefficient (Wildman–Crippen LogP) is 8.82. The summed E-state index contributed by atoms with van der Waals surface area (Å²) in [5.41, 5.74) is 0. The lowest BCUT2D eigenvalue weighted by Gasteiger charge is -2.17. The lowest BCUT2D eigenvalue weighted by atomic mass is 10.1. The van der Waals surface area contributed by atoms with E-state index in [-0.39, 0.29) is 18.5 Å². The first kappa shape index (κ1) is 32.4. The van der Waals surface area contributed by atoms with Crippen LogP contribution in [0, 0.1) is 0 Å². The second kappa shape index (κ2) is 26.0. The van der Waals surface area contributed by atoms with Crippen LogP contribution in [0.15, 0.2) is 72.9 Å². The fourth-order valence-electron chi connectivity index (χ4n) is 3.26. The fraction of sp³-hybridized carbons (Fsp3) is 0.548. The van der Waals surface area contributed by atoms with Gasteiger partial charge in [0.1, 0.15) is 6.10 Å². The molecule has 0 saturated heterocycles. The van der Waals surface area contributed by atoms with Crippen LogP contribution >= 0.6 is 0 Å². The first-order valence-electron chi connectivity index (χ1n) is 13.4. The highest BCUT2D eigenvalue weighted by atomic mass is 16.5. The van der Waals surface area contributed by atoms with E-state index in [1.54, 1.807) is 0 Å². The normalized spacial score (nSPS) is 13.4. The van der Waals surface area contributed by atoms with Gasteiger partial charge in [-0.3, -0.25) is 9.59 Å². The molecule has 0 amide bonds. The molecule has 0 saturated carbocycles. The number of hydrogen-bond donors (Lipinski definition) is 1. The van der Waals surface area contributed by atoms with E-state index in [0.29, 0.717) is 25.7 Å². The maximum absolute atomic E-state index is 12.1. The van der Waals surface area contributed by atoms with Gasteiger partial charge in [0.05, 0.1) is 0 Å². The zero-order valence-corrected chi connectivity index (χ0v) is 22.1. The number of hydrogen-bond acceptors (Lipinski definition) is 3. The summed E-state index contributed by atoms with van der Waals surface area (Å²) in [5, 5.41) is 8.78. The first-order chi connectivity index (χ1) is 17.1. The van der Waals surface area contributed by atoms with Gasteiger partial charge in [0.15, 0.2) is 0 Å². The molecule has 0 aliphatic rings. The molecule has 0 radical (unpaired) electrons. The Balaban J connectivity index is 3.86. The van der Waals surface area contributed by atoms with E-state index < -0.39 is 5.97 Å². The molecule has 0 bridgehead atoms. The molecule has 0 aliphatic heterocycles. The summed E-state index contributed by atoms with van der Waals surface area (Å²) in [6, 6.07) is 0. The summed E-state index contributed by atoms with van der Waals surface area (Å²) in [7, 11) is 0. The average Bonchev–Trinajstić information content (AvgIpc) is 2.83. The Labute approximate surface area is 214 Å². The topological polar surface area (TPSA) is 63.6 Å². The molecular formula is C31H48O4. The van der Waals surface area contributed by atoms with Gasteiger partial charge >= 0.3 is 11.9 Å². The molecule has 0 heterocycles. The average molecular weight is 485 g/mol. The smallest absolute Gasteiger partial charge is 0.306 e. The van der Waals surface area contributed by atoms with Crippen molar-refractivity contribution in [3.05, 3.63) is 72.9 Å². The van der Waals surface area contributed by atoms with Crippen molar-refractivity contribution >= 4 is 11.9 Å². The number of ether oxygens (including phenoxy) is 1. The summed E-state index contributed by atoms with van der Waals surface area (Å²) in [6.45, 7) is 4.24. The highest BCUT2D eigenvalue weighted by Gasteiger charge is 2.14. The van der Waals surface area contributed by atoms with Crippen molar-refractivity contribution < 1.29 is 19.4 Å². The predicted molar refractivity (Wildman–Crippen MR) is 148 cm³/mol. The second-order valence-electron chi connectivity index (χ2n) is 8.49. The van der Waals surface area contributed by atoms with Gasteiger partial charge in [-0.05, 0) is 64.2 Å². The number of allylic oxidation sites excluding steroid dienone is 12. The van der Waals surface area contributed by atoms with Gasteiger partial charge in [0.2, 0.25) is 0 Å². The van der Waals surface area contributed by atoms with E-state index in [1.807, 2.05) is 6.08 Å². The van der Waals surface area contributed by atoms with E-state index >= 15 is 0 Å². The monoisotopic (exact) mass is 484 g/mol.